The van der Waals surface area contributed by atoms with Gasteiger partial charge >= 0.3 is 6.18 Å². The van der Waals surface area contributed by atoms with Crippen LogP contribution in [-0.2, 0) is 6.18 Å². The number of anilines is 1. The van der Waals surface area contributed by atoms with Gasteiger partial charge in [-0.1, -0.05) is 17.7 Å². The minimum atomic E-state index is -4.72. The lowest BCUT2D eigenvalue weighted by molar-refractivity contribution is -0.141. The quantitative estimate of drug-likeness (QED) is 0.584. The largest absolute Gasteiger partial charge is 0.454 e. The predicted octanol–water partition coefficient (Wildman–Crippen LogP) is 4.65. The number of aldehydes is 1. The van der Waals surface area contributed by atoms with Crippen LogP contribution in [0.2, 0.25) is 5.02 Å². The summed E-state index contributed by atoms with van der Waals surface area (Å²) < 4.78 is 50.8. The van der Waals surface area contributed by atoms with Crippen molar-refractivity contribution in [3.8, 4) is 17.2 Å². The first kappa shape index (κ1) is 20.7. The van der Waals surface area contributed by atoms with Gasteiger partial charge in [0.1, 0.15) is 0 Å². The summed E-state index contributed by atoms with van der Waals surface area (Å²) in [6, 6.07) is 8.86. The second kappa shape index (κ2) is 7.62. The van der Waals surface area contributed by atoms with Crippen molar-refractivity contribution in [3.05, 3.63) is 63.9 Å². The van der Waals surface area contributed by atoms with E-state index < -0.39 is 22.8 Å². The summed E-state index contributed by atoms with van der Waals surface area (Å²) >= 11 is 5.80. The zero-order valence-corrected chi connectivity index (χ0v) is 16.5. The molecule has 31 heavy (non-hydrogen) atoms. The first-order valence-corrected chi connectivity index (χ1v) is 9.20. The Hall–Kier alpha value is -3.53. The molecule has 0 saturated heterocycles. The third-order valence-corrected chi connectivity index (χ3v) is 5.06. The number of carbonyl (C=O) groups excluding carboxylic acids is 2. The number of halogens is 4. The molecule has 4 rings (SSSR count). The van der Waals surface area contributed by atoms with Crippen molar-refractivity contribution in [2.24, 2.45) is 0 Å². The van der Waals surface area contributed by atoms with Crippen LogP contribution in [0.3, 0.4) is 0 Å². The molecule has 0 atom stereocenters. The number of rotatable bonds is 4. The van der Waals surface area contributed by atoms with E-state index >= 15 is 0 Å². The Labute approximate surface area is 178 Å². The molecule has 2 aromatic carbocycles. The van der Waals surface area contributed by atoms with Gasteiger partial charge < -0.3 is 14.8 Å². The molecule has 1 aliphatic rings. The SMILES string of the molecule is Cc1c(Cl)c(C(F)(F)F)nn1-c1cccc(C(=O)Nc2ccc3c(c2C=O)OCO3)c1. The fraction of sp³-hybridized carbons (Fsp3) is 0.150. The molecule has 1 N–H and O–H groups in total. The second-order valence-corrected chi connectivity index (χ2v) is 6.92. The number of amides is 1. The molecule has 0 fully saturated rings. The van der Waals surface area contributed by atoms with Crippen LogP contribution in [0, 0.1) is 6.92 Å². The molecular weight excluding hydrogens is 439 g/mol. The van der Waals surface area contributed by atoms with E-state index in [-0.39, 0.29) is 40.7 Å². The topological polar surface area (TPSA) is 82.5 Å². The molecule has 1 aromatic heterocycles. The zero-order valence-electron chi connectivity index (χ0n) is 15.8. The molecule has 0 aliphatic carbocycles. The first-order chi connectivity index (χ1) is 14.7. The number of carbonyl (C=O) groups is 2. The number of hydrogen-bond acceptors (Lipinski definition) is 5. The minimum absolute atomic E-state index is 0.0404. The summed E-state index contributed by atoms with van der Waals surface area (Å²) in [6.07, 6.45) is -4.18. The number of ether oxygens (including phenoxy) is 2. The van der Waals surface area contributed by atoms with Gasteiger partial charge in [-0.05, 0) is 37.3 Å². The Balaban J connectivity index is 1.66. The Morgan fingerprint density at radius 3 is 2.71 bits per heavy atom. The molecule has 3 aromatic rings. The van der Waals surface area contributed by atoms with Crippen LogP contribution in [0.5, 0.6) is 11.5 Å². The van der Waals surface area contributed by atoms with Gasteiger partial charge in [-0.2, -0.15) is 18.3 Å². The van der Waals surface area contributed by atoms with Crippen molar-refractivity contribution in [2.45, 2.75) is 13.1 Å². The Kier molecular flexibility index (Phi) is 5.10. The number of nitrogens with one attached hydrogen (secondary N) is 1. The van der Waals surface area contributed by atoms with Gasteiger partial charge in [0.15, 0.2) is 23.5 Å². The molecule has 1 amide bonds. The Bertz CT molecular complexity index is 1210. The Morgan fingerprint density at radius 1 is 1.26 bits per heavy atom. The van der Waals surface area contributed by atoms with Gasteiger partial charge in [0.05, 0.1) is 27.7 Å². The lowest BCUT2D eigenvalue weighted by Gasteiger charge is -2.11. The van der Waals surface area contributed by atoms with Crippen LogP contribution in [0.4, 0.5) is 18.9 Å². The third-order valence-electron chi connectivity index (χ3n) is 4.61. The smallest absolute Gasteiger partial charge is 0.436 e. The molecule has 11 heteroatoms. The average Bonchev–Trinajstić information content (AvgIpc) is 3.32. The molecule has 0 bridgehead atoms. The maximum atomic E-state index is 13.1. The molecule has 0 radical (unpaired) electrons. The molecule has 0 saturated carbocycles. The van der Waals surface area contributed by atoms with Gasteiger partial charge in [0.25, 0.3) is 5.91 Å². The highest BCUT2D eigenvalue weighted by Crippen LogP contribution is 2.39. The number of aromatic nitrogens is 2. The Morgan fingerprint density at radius 2 is 2.03 bits per heavy atom. The van der Waals surface area contributed by atoms with Crippen LogP contribution in [-0.4, -0.2) is 28.8 Å². The summed E-state index contributed by atoms with van der Waals surface area (Å²) in [5, 5.41) is 5.64. The highest BCUT2D eigenvalue weighted by molar-refractivity contribution is 6.32. The van der Waals surface area contributed by atoms with E-state index in [0.717, 1.165) is 4.68 Å². The van der Waals surface area contributed by atoms with Crippen LogP contribution < -0.4 is 14.8 Å². The standard InChI is InChI=1S/C20H13ClF3N3O4/c1-10-16(21)18(20(22,23)24)26-27(10)12-4-2-3-11(7-12)19(29)25-14-5-6-15-17(13(14)8-28)31-9-30-15/h2-8H,9H2,1H3,(H,25,29). The predicted molar refractivity (Wildman–Crippen MR) is 104 cm³/mol. The third kappa shape index (κ3) is 3.70. The monoisotopic (exact) mass is 451 g/mol. The molecule has 2 heterocycles. The van der Waals surface area contributed by atoms with Crippen molar-refractivity contribution < 1.29 is 32.2 Å². The summed E-state index contributed by atoms with van der Waals surface area (Å²) in [6.45, 7) is 1.35. The number of benzene rings is 2. The van der Waals surface area contributed by atoms with Crippen LogP contribution in [0.15, 0.2) is 36.4 Å². The van der Waals surface area contributed by atoms with E-state index in [1.807, 2.05) is 0 Å². The molecule has 0 spiro atoms. The number of alkyl halides is 3. The molecule has 1 aliphatic heterocycles. The van der Waals surface area contributed by atoms with Crippen molar-refractivity contribution in [1.82, 2.24) is 9.78 Å². The molecule has 7 nitrogen and oxygen atoms in total. The second-order valence-electron chi connectivity index (χ2n) is 6.54. The van der Waals surface area contributed by atoms with E-state index in [1.165, 1.54) is 37.3 Å². The van der Waals surface area contributed by atoms with Crippen molar-refractivity contribution in [3.63, 3.8) is 0 Å². The van der Waals surface area contributed by atoms with Gasteiger partial charge in [-0.25, -0.2) is 4.68 Å². The average molecular weight is 452 g/mol. The van der Waals surface area contributed by atoms with E-state index in [2.05, 4.69) is 10.4 Å². The molecule has 0 unspecified atom stereocenters. The highest BCUT2D eigenvalue weighted by atomic mass is 35.5. The minimum Gasteiger partial charge on any atom is -0.454 e. The number of nitrogens with zero attached hydrogens (tertiary/aromatic N) is 2. The normalized spacial score (nSPS) is 12.7. The van der Waals surface area contributed by atoms with E-state index in [9.17, 15) is 22.8 Å². The van der Waals surface area contributed by atoms with Gasteiger partial charge in [0.2, 0.25) is 6.79 Å². The number of fused-ring (bicyclic) bond motifs is 1. The summed E-state index contributed by atoms with van der Waals surface area (Å²) in [5.74, 6) is 0.0207. The van der Waals surface area contributed by atoms with E-state index in [0.29, 0.717) is 12.0 Å². The van der Waals surface area contributed by atoms with Crippen molar-refractivity contribution >= 4 is 29.5 Å². The van der Waals surface area contributed by atoms with E-state index in [4.69, 9.17) is 21.1 Å². The maximum Gasteiger partial charge on any atom is 0.436 e. The van der Waals surface area contributed by atoms with Crippen LogP contribution in [0.25, 0.3) is 5.69 Å². The fourth-order valence-electron chi connectivity index (χ4n) is 3.11. The lowest BCUT2D eigenvalue weighted by Crippen LogP contribution is -2.14. The zero-order chi connectivity index (χ0) is 22.3. The summed E-state index contributed by atoms with van der Waals surface area (Å²) in [5.41, 5.74) is -0.477. The van der Waals surface area contributed by atoms with Gasteiger partial charge in [-0.3, -0.25) is 9.59 Å². The molecular formula is C20H13ClF3N3O4. The van der Waals surface area contributed by atoms with Gasteiger partial charge in [-0.15, -0.1) is 0 Å². The summed E-state index contributed by atoms with van der Waals surface area (Å²) in [7, 11) is 0. The van der Waals surface area contributed by atoms with E-state index in [1.54, 1.807) is 6.07 Å². The van der Waals surface area contributed by atoms with Crippen LogP contribution >= 0.6 is 11.6 Å². The van der Waals surface area contributed by atoms with Crippen molar-refractivity contribution in [1.29, 1.82) is 0 Å². The first-order valence-electron chi connectivity index (χ1n) is 8.82. The molecule has 160 valence electrons. The van der Waals surface area contributed by atoms with Crippen LogP contribution in [0.1, 0.15) is 32.1 Å². The lowest BCUT2D eigenvalue weighted by atomic mass is 10.1. The number of hydrogen-bond donors (Lipinski definition) is 1. The highest BCUT2D eigenvalue weighted by Gasteiger charge is 2.38. The summed E-state index contributed by atoms with van der Waals surface area (Å²) in [4.78, 5) is 24.2. The van der Waals surface area contributed by atoms with Gasteiger partial charge in [0, 0.05) is 5.56 Å². The maximum absolute atomic E-state index is 13.1. The van der Waals surface area contributed by atoms with Crippen molar-refractivity contribution in [2.75, 3.05) is 12.1 Å². The fourth-order valence-corrected chi connectivity index (χ4v) is 3.33.